The summed E-state index contributed by atoms with van der Waals surface area (Å²) < 4.78 is 27.2. The summed E-state index contributed by atoms with van der Waals surface area (Å²) in [6.45, 7) is 0.264. The molecular weight excluding hydrogens is 402 g/mol. The second kappa shape index (κ2) is 9.78. The molecule has 146 valence electrons. The summed E-state index contributed by atoms with van der Waals surface area (Å²) in [7, 11) is -3.80. The molecule has 0 aliphatic heterocycles. The minimum atomic E-state index is -3.80. The van der Waals surface area contributed by atoms with Crippen LogP contribution in [0.1, 0.15) is 16.8 Å². The fourth-order valence-electron chi connectivity index (χ4n) is 2.15. The van der Waals surface area contributed by atoms with Crippen LogP contribution in [0.4, 0.5) is 5.69 Å². The first kappa shape index (κ1) is 21.3. The van der Waals surface area contributed by atoms with Gasteiger partial charge >= 0.3 is 0 Å². The van der Waals surface area contributed by atoms with Gasteiger partial charge in [-0.2, -0.15) is 0 Å². The molecule has 0 spiro atoms. The van der Waals surface area contributed by atoms with Crippen molar-refractivity contribution in [1.29, 1.82) is 0 Å². The number of halogens is 1. The van der Waals surface area contributed by atoms with Gasteiger partial charge in [0.05, 0.1) is 11.4 Å². The summed E-state index contributed by atoms with van der Waals surface area (Å²) >= 11 is 5.78. The Bertz CT molecular complexity index is 981. The van der Waals surface area contributed by atoms with Crippen molar-refractivity contribution in [2.24, 2.45) is 0 Å². The first-order valence-electron chi connectivity index (χ1n) is 8.18. The third-order valence-corrected chi connectivity index (χ3v) is 5.20. The highest BCUT2D eigenvalue weighted by Crippen LogP contribution is 2.18. The van der Waals surface area contributed by atoms with Crippen molar-refractivity contribution in [3.05, 3.63) is 59.1 Å². The second-order valence-corrected chi connectivity index (χ2v) is 7.74. The number of hydrogen-bond acceptors (Lipinski definition) is 4. The molecule has 0 bridgehead atoms. The van der Waals surface area contributed by atoms with Gasteiger partial charge in [-0.1, -0.05) is 17.5 Å². The molecular formula is C19H18ClN3O4S. The van der Waals surface area contributed by atoms with Gasteiger partial charge in [0.15, 0.2) is 0 Å². The van der Waals surface area contributed by atoms with Crippen molar-refractivity contribution in [1.82, 2.24) is 10.6 Å². The van der Waals surface area contributed by atoms with Gasteiger partial charge < -0.3 is 10.6 Å². The van der Waals surface area contributed by atoms with Crippen molar-refractivity contribution in [2.45, 2.75) is 11.3 Å². The number of anilines is 1. The van der Waals surface area contributed by atoms with E-state index in [9.17, 15) is 18.0 Å². The van der Waals surface area contributed by atoms with E-state index in [2.05, 4.69) is 21.3 Å². The Morgan fingerprint density at radius 3 is 2.25 bits per heavy atom. The average Bonchev–Trinajstić information content (AvgIpc) is 2.68. The molecule has 0 radical (unpaired) electrons. The Labute approximate surface area is 168 Å². The van der Waals surface area contributed by atoms with Crippen molar-refractivity contribution < 1.29 is 18.0 Å². The summed E-state index contributed by atoms with van der Waals surface area (Å²) in [5, 5.41) is 5.56. The standard InChI is InChI=1S/C19H18ClN3O4S/c1-2-12-21-18(24)11-13-22-19(25)14-3-9-17(10-4-14)28(26,27)23-16-7-5-15(20)6-8-16/h1,3-10,23H,11-13H2,(H,21,24)(H,22,25). The molecule has 2 rings (SSSR count). The van der Waals surface area contributed by atoms with Crippen molar-refractivity contribution >= 4 is 39.1 Å². The molecule has 0 unspecified atom stereocenters. The van der Waals surface area contributed by atoms with E-state index in [1.54, 1.807) is 24.3 Å². The molecule has 3 N–H and O–H groups in total. The normalized spacial score (nSPS) is 10.6. The Kier molecular flexibility index (Phi) is 7.44. The number of carbonyl (C=O) groups is 2. The predicted octanol–water partition coefficient (Wildman–Crippen LogP) is 2.01. The van der Waals surface area contributed by atoms with Crippen LogP contribution in [-0.2, 0) is 14.8 Å². The first-order chi connectivity index (χ1) is 13.3. The van der Waals surface area contributed by atoms with Crippen LogP contribution in [0.5, 0.6) is 0 Å². The van der Waals surface area contributed by atoms with E-state index < -0.39 is 15.9 Å². The van der Waals surface area contributed by atoms with Gasteiger partial charge in [0.2, 0.25) is 5.91 Å². The zero-order valence-electron chi connectivity index (χ0n) is 14.7. The first-order valence-corrected chi connectivity index (χ1v) is 10.0. The molecule has 2 aromatic rings. The lowest BCUT2D eigenvalue weighted by molar-refractivity contribution is -0.120. The molecule has 9 heteroatoms. The van der Waals surface area contributed by atoms with E-state index in [0.29, 0.717) is 10.7 Å². The monoisotopic (exact) mass is 419 g/mol. The van der Waals surface area contributed by atoms with Gasteiger partial charge in [-0.05, 0) is 48.5 Å². The molecule has 0 saturated carbocycles. The third-order valence-electron chi connectivity index (χ3n) is 3.55. The highest BCUT2D eigenvalue weighted by atomic mass is 35.5. The van der Waals surface area contributed by atoms with Crippen LogP contribution >= 0.6 is 11.6 Å². The summed E-state index contributed by atoms with van der Waals surface area (Å²) in [6.07, 6.45) is 5.12. The highest BCUT2D eigenvalue weighted by molar-refractivity contribution is 7.92. The zero-order valence-corrected chi connectivity index (χ0v) is 16.3. The van der Waals surface area contributed by atoms with Gasteiger partial charge in [-0.25, -0.2) is 8.42 Å². The number of terminal acetylenes is 1. The van der Waals surface area contributed by atoms with E-state index in [4.69, 9.17) is 18.0 Å². The number of hydrogen-bond donors (Lipinski definition) is 3. The average molecular weight is 420 g/mol. The van der Waals surface area contributed by atoms with Gasteiger partial charge in [-0.15, -0.1) is 6.42 Å². The topological polar surface area (TPSA) is 104 Å². The second-order valence-electron chi connectivity index (χ2n) is 5.62. The predicted molar refractivity (Wildman–Crippen MR) is 107 cm³/mol. The molecule has 0 heterocycles. The molecule has 7 nitrogen and oxygen atoms in total. The number of amides is 2. The summed E-state index contributed by atoms with van der Waals surface area (Å²) in [6, 6.07) is 11.7. The van der Waals surface area contributed by atoms with Crippen LogP contribution < -0.4 is 15.4 Å². The van der Waals surface area contributed by atoms with Gasteiger partial charge in [0.25, 0.3) is 15.9 Å². The van der Waals surface area contributed by atoms with Crippen LogP contribution in [0.15, 0.2) is 53.4 Å². The lowest BCUT2D eigenvalue weighted by Crippen LogP contribution is -2.30. The molecule has 2 aromatic carbocycles. The van der Waals surface area contributed by atoms with Gasteiger partial charge in [-0.3, -0.25) is 14.3 Å². The summed E-state index contributed by atoms with van der Waals surface area (Å²) in [4.78, 5) is 23.5. The van der Waals surface area contributed by atoms with E-state index in [-0.39, 0.29) is 35.9 Å². The number of benzene rings is 2. The maximum absolute atomic E-state index is 12.4. The number of carbonyl (C=O) groups excluding carboxylic acids is 2. The van der Waals surface area contributed by atoms with Crippen molar-refractivity contribution in [3.63, 3.8) is 0 Å². The molecule has 0 aliphatic carbocycles. The van der Waals surface area contributed by atoms with E-state index >= 15 is 0 Å². The van der Waals surface area contributed by atoms with Crippen molar-refractivity contribution in [2.75, 3.05) is 17.8 Å². The smallest absolute Gasteiger partial charge is 0.261 e. The number of sulfonamides is 1. The summed E-state index contributed by atoms with van der Waals surface area (Å²) in [5.41, 5.74) is 0.642. The minimum absolute atomic E-state index is 0.00709. The van der Waals surface area contributed by atoms with E-state index in [0.717, 1.165) is 0 Å². The minimum Gasteiger partial charge on any atom is -0.352 e. The van der Waals surface area contributed by atoms with Gasteiger partial charge in [0, 0.05) is 29.2 Å². The Balaban J connectivity index is 1.94. The van der Waals surface area contributed by atoms with E-state index in [1.807, 2.05) is 0 Å². The molecule has 2 amide bonds. The molecule has 0 atom stereocenters. The highest BCUT2D eigenvalue weighted by Gasteiger charge is 2.15. The lowest BCUT2D eigenvalue weighted by atomic mass is 10.2. The number of rotatable bonds is 8. The van der Waals surface area contributed by atoms with Crippen molar-refractivity contribution in [3.8, 4) is 12.3 Å². The SMILES string of the molecule is C#CCNC(=O)CCNC(=O)c1ccc(S(=O)(=O)Nc2ccc(Cl)cc2)cc1. The lowest BCUT2D eigenvalue weighted by Gasteiger charge is -2.09. The van der Waals surface area contributed by atoms with Crippen LogP contribution in [-0.4, -0.2) is 33.3 Å². The molecule has 0 aromatic heterocycles. The van der Waals surface area contributed by atoms with Crippen LogP contribution in [0.2, 0.25) is 5.02 Å². The molecule has 0 saturated heterocycles. The Hall–Kier alpha value is -3.02. The third kappa shape index (κ3) is 6.30. The fourth-order valence-corrected chi connectivity index (χ4v) is 3.33. The maximum atomic E-state index is 12.4. The molecule has 0 fully saturated rings. The van der Waals surface area contributed by atoms with Gasteiger partial charge in [0.1, 0.15) is 0 Å². The van der Waals surface area contributed by atoms with Crippen LogP contribution in [0, 0.1) is 12.3 Å². The molecule has 28 heavy (non-hydrogen) atoms. The number of nitrogens with one attached hydrogen (secondary N) is 3. The molecule has 0 aliphatic rings. The fraction of sp³-hybridized carbons (Fsp3) is 0.158. The Morgan fingerprint density at radius 2 is 1.64 bits per heavy atom. The maximum Gasteiger partial charge on any atom is 0.261 e. The van der Waals surface area contributed by atoms with Crippen LogP contribution in [0.25, 0.3) is 0 Å². The van der Waals surface area contributed by atoms with Crippen LogP contribution in [0.3, 0.4) is 0 Å². The summed E-state index contributed by atoms with van der Waals surface area (Å²) in [5.74, 6) is 1.59. The van der Waals surface area contributed by atoms with E-state index in [1.165, 1.54) is 24.3 Å². The quantitative estimate of drug-likeness (QED) is 0.569. The Morgan fingerprint density at radius 1 is 1.00 bits per heavy atom. The largest absolute Gasteiger partial charge is 0.352 e. The zero-order chi connectivity index (χ0) is 20.6.